The molecule has 2 aliphatic rings. The van der Waals surface area contributed by atoms with Crippen LogP contribution >= 0.6 is 0 Å². The molecule has 0 aromatic rings. The maximum Gasteiger partial charge on any atom is 0.0628 e. The minimum atomic E-state index is 0.347. The normalized spacial score (nSPS) is 33.3. The van der Waals surface area contributed by atoms with Crippen molar-refractivity contribution in [1.82, 2.24) is 4.90 Å². The number of nitriles is 1. The Morgan fingerprint density at radius 2 is 2.19 bits per heavy atom. The number of nitrogens with two attached hydrogens (primary N) is 1. The number of hydrogen-bond acceptors (Lipinski definition) is 3. The van der Waals surface area contributed by atoms with Gasteiger partial charge in [-0.15, -0.1) is 0 Å². The van der Waals surface area contributed by atoms with E-state index in [0.717, 1.165) is 26.1 Å². The van der Waals surface area contributed by atoms with Crippen LogP contribution < -0.4 is 5.73 Å². The third-order valence-corrected chi connectivity index (χ3v) is 4.39. The zero-order chi connectivity index (χ0) is 11.6. The highest BCUT2D eigenvalue weighted by Crippen LogP contribution is 2.49. The molecule has 0 amide bonds. The van der Waals surface area contributed by atoms with Crippen molar-refractivity contribution in [3.05, 3.63) is 0 Å². The Hall–Kier alpha value is -0.590. The Balaban J connectivity index is 1.90. The summed E-state index contributed by atoms with van der Waals surface area (Å²) in [6, 6.07) is 3.03. The lowest BCUT2D eigenvalue weighted by molar-refractivity contribution is 0.0965. The van der Waals surface area contributed by atoms with Gasteiger partial charge in [0.05, 0.1) is 6.07 Å². The number of rotatable bonds is 4. The summed E-state index contributed by atoms with van der Waals surface area (Å²) >= 11 is 0. The molecule has 0 spiro atoms. The van der Waals surface area contributed by atoms with Crippen molar-refractivity contribution in [3.8, 4) is 6.07 Å². The first kappa shape index (κ1) is 11.9. The van der Waals surface area contributed by atoms with Gasteiger partial charge >= 0.3 is 0 Å². The summed E-state index contributed by atoms with van der Waals surface area (Å²) in [5.41, 5.74) is 6.12. The van der Waals surface area contributed by atoms with Crippen LogP contribution in [0.3, 0.4) is 0 Å². The summed E-state index contributed by atoms with van der Waals surface area (Å²) < 4.78 is 0. The minimum absolute atomic E-state index is 0.347. The zero-order valence-corrected chi connectivity index (χ0v) is 10.3. The molecule has 2 N–H and O–H groups in total. The molecule has 0 radical (unpaired) electrons. The van der Waals surface area contributed by atoms with E-state index in [1.54, 1.807) is 0 Å². The fourth-order valence-electron chi connectivity index (χ4n) is 2.84. The lowest BCUT2D eigenvalue weighted by Crippen LogP contribution is -2.46. The number of piperidine rings is 1. The van der Waals surface area contributed by atoms with Gasteiger partial charge in [0.25, 0.3) is 0 Å². The molecule has 2 fully saturated rings. The van der Waals surface area contributed by atoms with Crippen LogP contribution in [0.5, 0.6) is 0 Å². The van der Waals surface area contributed by atoms with E-state index in [1.807, 2.05) is 0 Å². The van der Waals surface area contributed by atoms with Crippen molar-refractivity contribution in [2.45, 2.75) is 45.1 Å². The highest BCUT2D eigenvalue weighted by molar-refractivity contribution is 5.02. The van der Waals surface area contributed by atoms with Crippen molar-refractivity contribution in [2.24, 2.45) is 17.1 Å². The van der Waals surface area contributed by atoms with Gasteiger partial charge in [-0.1, -0.05) is 0 Å². The van der Waals surface area contributed by atoms with Gasteiger partial charge < -0.3 is 5.73 Å². The molecule has 2 unspecified atom stereocenters. The predicted octanol–water partition coefficient (Wildman–Crippen LogP) is 1.74. The number of hydrogen-bond donors (Lipinski definition) is 1. The first-order valence-electron chi connectivity index (χ1n) is 6.50. The minimum Gasteiger partial charge on any atom is -0.330 e. The molecule has 3 heteroatoms. The Kier molecular flexibility index (Phi) is 3.51. The lowest BCUT2D eigenvalue weighted by Gasteiger charge is -2.39. The van der Waals surface area contributed by atoms with Crippen molar-refractivity contribution >= 4 is 0 Å². The van der Waals surface area contributed by atoms with Crippen LogP contribution in [0.25, 0.3) is 0 Å². The Bertz CT molecular complexity index is 277. The standard InChI is InChI=1S/C13H23N3/c1-11-2-3-12(8-15)9-16(11)10-13(4-5-13)6-7-14/h11-12H,2-6,8-10,15H2,1H3. The fourth-order valence-corrected chi connectivity index (χ4v) is 2.84. The Morgan fingerprint density at radius 3 is 2.75 bits per heavy atom. The van der Waals surface area contributed by atoms with E-state index in [-0.39, 0.29) is 0 Å². The molecule has 1 saturated carbocycles. The van der Waals surface area contributed by atoms with Gasteiger partial charge in [0.2, 0.25) is 0 Å². The molecule has 1 aliphatic carbocycles. The van der Waals surface area contributed by atoms with Crippen LogP contribution in [0.15, 0.2) is 0 Å². The van der Waals surface area contributed by atoms with E-state index in [9.17, 15) is 0 Å². The first-order valence-corrected chi connectivity index (χ1v) is 6.50. The quantitative estimate of drug-likeness (QED) is 0.786. The van der Waals surface area contributed by atoms with Crippen LogP contribution in [-0.2, 0) is 0 Å². The SMILES string of the molecule is CC1CCC(CN)CN1CC1(CC#N)CC1. The second kappa shape index (κ2) is 4.73. The van der Waals surface area contributed by atoms with Crippen LogP contribution in [0.1, 0.15) is 39.0 Å². The van der Waals surface area contributed by atoms with Gasteiger partial charge in [-0.05, 0) is 50.5 Å². The lowest BCUT2D eigenvalue weighted by atomic mass is 9.91. The van der Waals surface area contributed by atoms with E-state index in [1.165, 1.54) is 25.7 Å². The molecule has 1 saturated heterocycles. The maximum absolute atomic E-state index is 8.85. The number of likely N-dealkylation sites (tertiary alicyclic amines) is 1. The highest BCUT2D eigenvalue weighted by atomic mass is 15.2. The van der Waals surface area contributed by atoms with Gasteiger partial charge in [-0.2, -0.15) is 5.26 Å². The molecule has 2 rings (SSSR count). The van der Waals surface area contributed by atoms with Crippen molar-refractivity contribution in [2.75, 3.05) is 19.6 Å². The summed E-state index contributed by atoms with van der Waals surface area (Å²) in [7, 11) is 0. The smallest absolute Gasteiger partial charge is 0.0628 e. The van der Waals surface area contributed by atoms with E-state index < -0.39 is 0 Å². The predicted molar refractivity (Wildman–Crippen MR) is 64.7 cm³/mol. The Labute approximate surface area is 98.6 Å². The molecular formula is C13H23N3. The largest absolute Gasteiger partial charge is 0.330 e. The van der Waals surface area contributed by atoms with Gasteiger partial charge in [0.15, 0.2) is 0 Å². The average molecular weight is 221 g/mol. The molecule has 0 bridgehead atoms. The summed E-state index contributed by atoms with van der Waals surface area (Å²) in [5.74, 6) is 0.675. The highest BCUT2D eigenvalue weighted by Gasteiger charge is 2.44. The zero-order valence-electron chi connectivity index (χ0n) is 10.3. The van der Waals surface area contributed by atoms with Crippen molar-refractivity contribution in [3.63, 3.8) is 0 Å². The molecule has 0 aromatic heterocycles. The van der Waals surface area contributed by atoms with Crippen LogP contribution in [0, 0.1) is 22.7 Å². The molecule has 0 aromatic carbocycles. The average Bonchev–Trinajstić information content (AvgIpc) is 3.02. The summed E-state index contributed by atoms with van der Waals surface area (Å²) in [6.45, 7) is 5.40. The van der Waals surface area contributed by atoms with E-state index in [0.29, 0.717) is 17.4 Å². The molecule has 3 nitrogen and oxygen atoms in total. The maximum atomic E-state index is 8.85. The van der Waals surface area contributed by atoms with Gasteiger partial charge in [-0.25, -0.2) is 0 Å². The molecule has 16 heavy (non-hydrogen) atoms. The first-order chi connectivity index (χ1) is 7.69. The Morgan fingerprint density at radius 1 is 1.44 bits per heavy atom. The summed E-state index contributed by atoms with van der Waals surface area (Å²) in [4.78, 5) is 2.57. The van der Waals surface area contributed by atoms with Gasteiger partial charge in [0.1, 0.15) is 0 Å². The second-order valence-corrected chi connectivity index (χ2v) is 5.79. The molecule has 90 valence electrons. The van der Waals surface area contributed by atoms with E-state index in [4.69, 9.17) is 11.0 Å². The van der Waals surface area contributed by atoms with Crippen LogP contribution in [0.4, 0.5) is 0 Å². The van der Waals surface area contributed by atoms with Gasteiger partial charge in [0, 0.05) is 25.6 Å². The fraction of sp³-hybridized carbons (Fsp3) is 0.923. The number of nitrogens with zero attached hydrogens (tertiary/aromatic N) is 2. The topological polar surface area (TPSA) is 53.0 Å². The van der Waals surface area contributed by atoms with Crippen LogP contribution in [-0.4, -0.2) is 30.6 Å². The van der Waals surface area contributed by atoms with Crippen LogP contribution in [0.2, 0.25) is 0 Å². The summed E-state index contributed by atoms with van der Waals surface area (Å²) in [5, 5.41) is 8.85. The van der Waals surface area contributed by atoms with E-state index in [2.05, 4.69) is 17.9 Å². The monoisotopic (exact) mass is 221 g/mol. The molecule has 2 atom stereocenters. The third-order valence-electron chi connectivity index (χ3n) is 4.39. The van der Waals surface area contributed by atoms with Crippen molar-refractivity contribution in [1.29, 1.82) is 5.26 Å². The molecule has 1 heterocycles. The third kappa shape index (κ3) is 2.56. The second-order valence-electron chi connectivity index (χ2n) is 5.79. The van der Waals surface area contributed by atoms with E-state index >= 15 is 0 Å². The summed E-state index contributed by atoms with van der Waals surface area (Å²) in [6.07, 6.45) is 5.78. The molecule has 1 aliphatic heterocycles. The van der Waals surface area contributed by atoms with Gasteiger partial charge in [-0.3, -0.25) is 4.90 Å². The van der Waals surface area contributed by atoms with Crippen molar-refractivity contribution < 1.29 is 0 Å². The molecular weight excluding hydrogens is 198 g/mol.